The van der Waals surface area contributed by atoms with Crippen molar-refractivity contribution in [1.82, 2.24) is 9.80 Å². The quantitative estimate of drug-likeness (QED) is 0.648. The Labute approximate surface area is 182 Å². The molecular formula is C24H33F3N2O2. The minimum atomic E-state index is -4.42. The first-order valence-electron chi connectivity index (χ1n) is 11.3. The van der Waals surface area contributed by atoms with Crippen molar-refractivity contribution in [2.24, 2.45) is 17.8 Å². The molecule has 0 radical (unpaired) electrons. The molecule has 1 aromatic carbocycles. The highest BCUT2D eigenvalue weighted by Crippen LogP contribution is 2.31. The van der Waals surface area contributed by atoms with Gasteiger partial charge in [0, 0.05) is 37.2 Å². The monoisotopic (exact) mass is 438 g/mol. The van der Waals surface area contributed by atoms with Crippen LogP contribution >= 0.6 is 0 Å². The zero-order valence-electron chi connectivity index (χ0n) is 18.6. The highest BCUT2D eigenvalue weighted by Gasteiger charge is 2.36. The number of amides is 2. The van der Waals surface area contributed by atoms with E-state index in [2.05, 4.69) is 25.7 Å². The highest BCUT2D eigenvalue weighted by molar-refractivity contribution is 5.94. The summed E-state index contributed by atoms with van der Waals surface area (Å²) in [7, 11) is 0. The Morgan fingerprint density at radius 2 is 1.55 bits per heavy atom. The molecule has 2 aliphatic rings. The molecule has 2 amide bonds. The normalized spacial score (nSPS) is 23.7. The third-order valence-electron chi connectivity index (χ3n) is 6.86. The van der Waals surface area contributed by atoms with Crippen LogP contribution in [-0.2, 0) is 11.0 Å². The van der Waals surface area contributed by atoms with Gasteiger partial charge in [0.1, 0.15) is 0 Å². The zero-order valence-corrected chi connectivity index (χ0v) is 18.6. The number of alkyl halides is 3. The predicted octanol–water partition coefficient (Wildman–Crippen LogP) is 5.23. The third-order valence-corrected chi connectivity index (χ3v) is 6.86. The van der Waals surface area contributed by atoms with E-state index in [4.69, 9.17) is 0 Å². The average molecular weight is 439 g/mol. The van der Waals surface area contributed by atoms with E-state index < -0.39 is 11.7 Å². The lowest BCUT2D eigenvalue weighted by molar-refractivity contribution is -0.140. The van der Waals surface area contributed by atoms with Crippen LogP contribution in [0.5, 0.6) is 0 Å². The Morgan fingerprint density at radius 3 is 2.10 bits per heavy atom. The molecule has 2 saturated heterocycles. The SMILES string of the molecule is CC1CCC(C(C)C)N(C(=O)C2CCN(C(=O)c3ccc(C(F)(F)F)cc3)CC2)CC1. The van der Waals surface area contributed by atoms with E-state index >= 15 is 0 Å². The third kappa shape index (κ3) is 5.60. The van der Waals surface area contributed by atoms with E-state index in [1.807, 2.05) is 0 Å². The minimum absolute atomic E-state index is 0.0914. The maximum Gasteiger partial charge on any atom is 0.416 e. The van der Waals surface area contributed by atoms with E-state index in [1.54, 1.807) is 4.90 Å². The van der Waals surface area contributed by atoms with Crippen LogP contribution in [-0.4, -0.2) is 47.3 Å². The summed E-state index contributed by atoms with van der Waals surface area (Å²) in [6.45, 7) is 8.29. The minimum Gasteiger partial charge on any atom is -0.339 e. The van der Waals surface area contributed by atoms with Crippen molar-refractivity contribution in [3.8, 4) is 0 Å². The van der Waals surface area contributed by atoms with Crippen molar-refractivity contribution in [3.63, 3.8) is 0 Å². The molecule has 1 aromatic rings. The number of likely N-dealkylation sites (tertiary alicyclic amines) is 2. The number of hydrogen-bond acceptors (Lipinski definition) is 2. The summed E-state index contributed by atoms with van der Waals surface area (Å²) in [4.78, 5) is 29.8. The molecule has 0 aliphatic carbocycles. The first-order chi connectivity index (χ1) is 14.6. The summed E-state index contributed by atoms with van der Waals surface area (Å²) in [6.07, 6.45) is -0.00779. The van der Waals surface area contributed by atoms with Crippen LogP contribution in [0.15, 0.2) is 24.3 Å². The molecule has 172 valence electrons. The van der Waals surface area contributed by atoms with E-state index in [9.17, 15) is 22.8 Å². The molecule has 0 N–H and O–H groups in total. The molecular weight excluding hydrogens is 405 g/mol. The van der Waals surface area contributed by atoms with E-state index in [0.29, 0.717) is 37.8 Å². The smallest absolute Gasteiger partial charge is 0.339 e. The Hall–Kier alpha value is -2.05. The van der Waals surface area contributed by atoms with Crippen molar-refractivity contribution in [3.05, 3.63) is 35.4 Å². The second kappa shape index (κ2) is 9.61. The first-order valence-corrected chi connectivity index (χ1v) is 11.3. The van der Waals surface area contributed by atoms with Crippen molar-refractivity contribution < 1.29 is 22.8 Å². The number of nitrogens with zero attached hydrogens (tertiary/aromatic N) is 2. The average Bonchev–Trinajstić information content (AvgIpc) is 2.94. The number of carbonyl (C=O) groups is 2. The van der Waals surface area contributed by atoms with Crippen LogP contribution in [0.4, 0.5) is 13.2 Å². The van der Waals surface area contributed by atoms with Crippen molar-refractivity contribution in [2.45, 2.75) is 65.1 Å². The van der Waals surface area contributed by atoms with Gasteiger partial charge in [0.05, 0.1) is 5.56 Å². The van der Waals surface area contributed by atoms with Gasteiger partial charge in [0.2, 0.25) is 5.91 Å². The van der Waals surface area contributed by atoms with Crippen LogP contribution < -0.4 is 0 Å². The summed E-state index contributed by atoms with van der Waals surface area (Å²) in [5.74, 6) is 0.877. The lowest BCUT2D eigenvalue weighted by atomic mass is 9.91. The van der Waals surface area contributed by atoms with Gasteiger partial charge in [-0.2, -0.15) is 13.2 Å². The molecule has 4 nitrogen and oxygen atoms in total. The molecule has 7 heteroatoms. The van der Waals surface area contributed by atoms with Gasteiger partial charge < -0.3 is 9.80 Å². The lowest BCUT2D eigenvalue weighted by Gasteiger charge is -2.38. The van der Waals surface area contributed by atoms with E-state index in [1.165, 1.54) is 12.1 Å². The van der Waals surface area contributed by atoms with Gasteiger partial charge in [-0.3, -0.25) is 9.59 Å². The van der Waals surface area contributed by atoms with Gasteiger partial charge in [-0.15, -0.1) is 0 Å². The summed E-state index contributed by atoms with van der Waals surface area (Å²) in [6, 6.07) is 4.61. The fourth-order valence-corrected chi connectivity index (χ4v) is 4.80. The Balaban J connectivity index is 1.60. The van der Waals surface area contributed by atoms with Crippen LogP contribution in [0.25, 0.3) is 0 Å². The maximum absolute atomic E-state index is 13.3. The number of rotatable bonds is 3. The highest BCUT2D eigenvalue weighted by atomic mass is 19.4. The van der Waals surface area contributed by atoms with Crippen molar-refractivity contribution in [1.29, 1.82) is 0 Å². The summed E-state index contributed by atoms with van der Waals surface area (Å²) >= 11 is 0. The van der Waals surface area contributed by atoms with Gasteiger partial charge in [-0.05, 0) is 68.2 Å². The number of hydrogen-bond donors (Lipinski definition) is 0. The Bertz CT molecular complexity index is 768. The van der Waals surface area contributed by atoms with Gasteiger partial charge in [-0.1, -0.05) is 20.8 Å². The molecule has 2 fully saturated rings. The molecule has 3 rings (SSSR count). The molecule has 0 saturated carbocycles. The second-order valence-electron chi connectivity index (χ2n) is 9.46. The van der Waals surface area contributed by atoms with Crippen LogP contribution in [0.1, 0.15) is 68.8 Å². The summed E-state index contributed by atoms with van der Waals surface area (Å²) in [5, 5.41) is 0. The van der Waals surface area contributed by atoms with E-state index in [-0.39, 0.29) is 29.3 Å². The Morgan fingerprint density at radius 1 is 0.935 bits per heavy atom. The van der Waals surface area contributed by atoms with Gasteiger partial charge >= 0.3 is 6.18 Å². The summed E-state index contributed by atoms with van der Waals surface area (Å²) < 4.78 is 38.2. The second-order valence-corrected chi connectivity index (χ2v) is 9.46. The molecule has 2 heterocycles. The van der Waals surface area contributed by atoms with E-state index in [0.717, 1.165) is 37.9 Å². The van der Waals surface area contributed by atoms with Gasteiger partial charge in [0.15, 0.2) is 0 Å². The van der Waals surface area contributed by atoms with Crippen LogP contribution in [0.2, 0.25) is 0 Å². The van der Waals surface area contributed by atoms with Crippen LogP contribution in [0.3, 0.4) is 0 Å². The number of carbonyl (C=O) groups excluding carboxylic acids is 2. The maximum atomic E-state index is 13.3. The molecule has 0 aromatic heterocycles. The van der Waals surface area contributed by atoms with Gasteiger partial charge in [0.25, 0.3) is 5.91 Å². The fraction of sp³-hybridized carbons (Fsp3) is 0.667. The van der Waals surface area contributed by atoms with Gasteiger partial charge in [-0.25, -0.2) is 0 Å². The van der Waals surface area contributed by atoms with Crippen molar-refractivity contribution in [2.75, 3.05) is 19.6 Å². The fourth-order valence-electron chi connectivity index (χ4n) is 4.80. The van der Waals surface area contributed by atoms with Crippen LogP contribution in [0, 0.1) is 17.8 Å². The largest absolute Gasteiger partial charge is 0.416 e. The molecule has 2 aliphatic heterocycles. The first kappa shape index (κ1) is 23.6. The molecule has 31 heavy (non-hydrogen) atoms. The number of piperidine rings is 1. The zero-order chi connectivity index (χ0) is 22.8. The molecule has 2 unspecified atom stereocenters. The van der Waals surface area contributed by atoms with Crippen molar-refractivity contribution >= 4 is 11.8 Å². The molecule has 2 atom stereocenters. The molecule has 0 spiro atoms. The molecule has 0 bridgehead atoms. The lowest BCUT2D eigenvalue weighted by Crippen LogP contribution is -2.49. The topological polar surface area (TPSA) is 40.6 Å². The number of halogens is 3. The standard InChI is InChI=1S/C24H33F3N2O2/c1-16(2)21-9-4-17(3)10-15-29(21)23(31)19-11-13-28(14-12-19)22(30)18-5-7-20(8-6-18)24(25,26)27/h5-8,16-17,19,21H,4,9-15H2,1-3H3. The number of benzene rings is 1. The summed E-state index contributed by atoms with van der Waals surface area (Å²) in [5.41, 5.74) is -0.515. The predicted molar refractivity (Wildman–Crippen MR) is 113 cm³/mol. The Kier molecular flexibility index (Phi) is 7.32.